The number of carbonyl (C=O) groups excluding carboxylic acids is 1. The first-order valence-electron chi connectivity index (χ1n) is 6.32. The number of alkyl carbamates (subject to hydrolysis) is 1. The van der Waals surface area contributed by atoms with Gasteiger partial charge in [0.2, 0.25) is 17.3 Å². The van der Waals surface area contributed by atoms with Crippen molar-refractivity contribution in [2.24, 2.45) is 0 Å². The first kappa shape index (κ1) is 14.8. The van der Waals surface area contributed by atoms with E-state index in [2.05, 4.69) is 20.4 Å². The third-order valence-corrected chi connectivity index (χ3v) is 2.29. The number of H-pyrrole nitrogens is 1. The van der Waals surface area contributed by atoms with Crippen LogP contribution >= 0.6 is 0 Å². The average Bonchev–Trinajstić information content (AvgIpc) is 2.84. The molecule has 0 bridgehead atoms. The van der Waals surface area contributed by atoms with E-state index in [1.165, 1.54) is 12.3 Å². The predicted octanol–water partition coefficient (Wildman–Crippen LogP) is 1.45. The van der Waals surface area contributed by atoms with Crippen LogP contribution in [0.5, 0.6) is 0 Å². The number of pyridine rings is 1. The second-order valence-corrected chi connectivity index (χ2v) is 5.31. The van der Waals surface area contributed by atoms with Crippen molar-refractivity contribution in [1.29, 1.82) is 0 Å². The molecule has 21 heavy (non-hydrogen) atoms. The lowest BCUT2D eigenvalue weighted by molar-refractivity contribution is 0.0518. The largest absolute Gasteiger partial charge is 0.444 e. The van der Waals surface area contributed by atoms with E-state index in [0.29, 0.717) is 11.4 Å². The van der Waals surface area contributed by atoms with E-state index in [1.807, 2.05) is 0 Å². The molecule has 8 nitrogen and oxygen atoms in total. The van der Waals surface area contributed by atoms with Gasteiger partial charge >= 0.3 is 6.09 Å². The number of aromatic nitrogens is 3. The van der Waals surface area contributed by atoms with Gasteiger partial charge in [-0.05, 0) is 26.8 Å². The van der Waals surface area contributed by atoms with Crippen molar-refractivity contribution in [2.75, 3.05) is 0 Å². The van der Waals surface area contributed by atoms with Gasteiger partial charge in [-0.1, -0.05) is 5.16 Å². The molecule has 0 saturated heterocycles. The molecule has 0 fully saturated rings. The lowest BCUT2D eigenvalue weighted by Crippen LogP contribution is -2.32. The molecule has 0 saturated carbocycles. The molecule has 2 aromatic rings. The monoisotopic (exact) mass is 292 g/mol. The maximum absolute atomic E-state index is 11.5. The summed E-state index contributed by atoms with van der Waals surface area (Å²) in [5.41, 5.74) is -0.170. The van der Waals surface area contributed by atoms with Gasteiger partial charge in [0.15, 0.2) is 0 Å². The van der Waals surface area contributed by atoms with Crippen molar-refractivity contribution in [1.82, 2.24) is 20.4 Å². The zero-order valence-electron chi connectivity index (χ0n) is 12.0. The highest BCUT2D eigenvalue weighted by Crippen LogP contribution is 2.13. The van der Waals surface area contributed by atoms with Crippen LogP contribution in [0.2, 0.25) is 0 Å². The summed E-state index contributed by atoms with van der Waals surface area (Å²) in [7, 11) is 0. The number of carbonyl (C=O) groups is 1. The lowest BCUT2D eigenvalue weighted by atomic mass is 10.2. The van der Waals surface area contributed by atoms with Gasteiger partial charge in [0, 0.05) is 17.8 Å². The Kier molecular flexibility index (Phi) is 4.06. The minimum Gasteiger partial charge on any atom is -0.444 e. The Labute approximate surface area is 120 Å². The molecule has 2 N–H and O–H groups in total. The number of hydrogen-bond acceptors (Lipinski definition) is 6. The number of hydrogen-bond donors (Lipinski definition) is 2. The molecule has 2 heterocycles. The van der Waals surface area contributed by atoms with Crippen molar-refractivity contribution in [2.45, 2.75) is 32.9 Å². The van der Waals surface area contributed by atoms with Crippen molar-refractivity contribution >= 4 is 6.09 Å². The molecule has 2 aromatic heterocycles. The van der Waals surface area contributed by atoms with Gasteiger partial charge in [0.05, 0.1) is 0 Å². The van der Waals surface area contributed by atoms with E-state index >= 15 is 0 Å². The highest BCUT2D eigenvalue weighted by molar-refractivity contribution is 5.67. The molecule has 1 amide bonds. The number of nitrogens with one attached hydrogen (secondary N) is 2. The van der Waals surface area contributed by atoms with Gasteiger partial charge < -0.3 is 19.6 Å². The zero-order chi connectivity index (χ0) is 15.5. The molecule has 112 valence electrons. The number of aromatic amines is 1. The molecule has 0 aliphatic heterocycles. The maximum Gasteiger partial charge on any atom is 0.408 e. The topological polar surface area (TPSA) is 110 Å². The van der Waals surface area contributed by atoms with Crippen LogP contribution in [0.15, 0.2) is 27.6 Å². The van der Waals surface area contributed by atoms with Crippen molar-refractivity contribution < 1.29 is 14.1 Å². The highest BCUT2D eigenvalue weighted by atomic mass is 16.6. The highest BCUT2D eigenvalue weighted by Gasteiger charge is 2.17. The Morgan fingerprint density at radius 1 is 1.43 bits per heavy atom. The van der Waals surface area contributed by atoms with Crippen LogP contribution in [-0.2, 0) is 11.3 Å². The van der Waals surface area contributed by atoms with E-state index < -0.39 is 11.7 Å². The first-order valence-corrected chi connectivity index (χ1v) is 6.32. The smallest absolute Gasteiger partial charge is 0.408 e. The third-order valence-electron chi connectivity index (χ3n) is 2.29. The maximum atomic E-state index is 11.5. The molecule has 0 aromatic carbocycles. The summed E-state index contributed by atoms with van der Waals surface area (Å²) in [6.45, 7) is 5.37. The number of rotatable bonds is 3. The fourth-order valence-corrected chi connectivity index (χ4v) is 1.46. The standard InChI is InChI=1S/C13H16N4O4/c1-13(2,3)20-12(19)15-7-10-16-11(17-21-10)8-4-5-9(18)14-6-8/h4-6H,7H2,1-3H3,(H,14,18)(H,15,19). The quantitative estimate of drug-likeness (QED) is 0.886. The summed E-state index contributed by atoms with van der Waals surface area (Å²) in [5, 5.41) is 6.28. The number of ether oxygens (including phenoxy) is 1. The molecular formula is C13H16N4O4. The van der Waals surface area contributed by atoms with E-state index in [4.69, 9.17) is 9.26 Å². The van der Waals surface area contributed by atoms with Crippen LogP contribution in [0.1, 0.15) is 26.7 Å². The number of amides is 1. The van der Waals surface area contributed by atoms with Crippen LogP contribution in [0, 0.1) is 0 Å². The second-order valence-electron chi connectivity index (χ2n) is 5.31. The van der Waals surface area contributed by atoms with Crippen LogP contribution < -0.4 is 10.9 Å². The summed E-state index contributed by atoms with van der Waals surface area (Å²) < 4.78 is 10.1. The predicted molar refractivity (Wildman–Crippen MR) is 73.4 cm³/mol. The van der Waals surface area contributed by atoms with Gasteiger partial charge in [-0.3, -0.25) is 4.79 Å². The Hall–Kier alpha value is -2.64. The average molecular weight is 292 g/mol. The zero-order valence-corrected chi connectivity index (χ0v) is 12.0. The van der Waals surface area contributed by atoms with Gasteiger partial charge in [0.1, 0.15) is 12.1 Å². The van der Waals surface area contributed by atoms with Gasteiger partial charge in [-0.25, -0.2) is 4.79 Å². The third kappa shape index (κ3) is 4.44. The molecular weight excluding hydrogens is 276 g/mol. The molecule has 0 aliphatic rings. The summed E-state index contributed by atoms with van der Waals surface area (Å²) in [5.74, 6) is 0.564. The molecule has 2 rings (SSSR count). The van der Waals surface area contributed by atoms with Gasteiger partial charge in [0.25, 0.3) is 0 Å². The molecule has 0 atom stereocenters. The summed E-state index contributed by atoms with van der Waals surface area (Å²) >= 11 is 0. The normalized spacial score (nSPS) is 11.2. The molecule has 0 radical (unpaired) electrons. The van der Waals surface area contributed by atoms with Crippen LogP contribution in [0.4, 0.5) is 4.79 Å². The number of nitrogens with zero attached hydrogens (tertiary/aromatic N) is 2. The van der Waals surface area contributed by atoms with Crippen molar-refractivity contribution in [3.05, 3.63) is 34.6 Å². The minimum absolute atomic E-state index is 0.0608. The van der Waals surface area contributed by atoms with E-state index in [9.17, 15) is 9.59 Å². The summed E-state index contributed by atoms with van der Waals surface area (Å²) in [6.07, 6.45) is 0.921. The Morgan fingerprint density at radius 3 is 2.81 bits per heavy atom. The first-order chi connectivity index (χ1) is 9.83. The van der Waals surface area contributed by atoms with E-state index in [-0.39, 0.29) is 18.0 Å². The molecule has 0 spiro atoms. The van der Waals surface area contributed by atoms with E-state index in [0.717, 1.165) is 0 Å². The molecule has 0 unspecified atom stereocenters. The van der Waals surface area contributed by atoms with Gasteiger partial charge in [-0.15, -0.1) is 0 Å². The Bertz CT molecular complexity index is 663. The van der Waals surface area contributed by atoms with Crippen LogP contribution in [0.25, 0.3) is 11.4 Å². The second kappa shape index (κ2) is 5.78. The summed E-state index contributed by atoms with van der Waals surface area (Å²) in [4.78, 5) is 29.1. The Morgan fingerprint density at radius 2 is 2.19 bits per heavy atom. The SMILES string of the molecule is CC(C)(C)OC(=O)NCc1nc(-c2ccc(=O)[nH]c2)no1. The molecule has 0 aliphatic carbocycles. The van der Waals surface area contributed by atoms with Crippen LogP contribution in [-0.4, -0.2) is 26.8 Å². The Balaban J connectivity index is 1.96. The van der Waals surface area contributed by atoms with Crippen molar-refractivity contribution in [3.63, 3.8) is 0 Å². The minimum atomic E-state index is -0.569. The van der Waals surface area contributed by atoms with Gasteiger partial charge in [-0.2, -0.15) is 4.98 Å². The van der Waals surface area contributed by atoms with E-state index in [1.54, 1.807) is 26.8 Å². The fraction of sp³-hybridized carbons (Fsp3) is 0.385. The van der Waals surface area contributed by atoms with Crippen molar-refractivity contribution in [3.8, 4) is 11.4 Å². The fourth-order valence-electron chi connectivity index (χ4n) is 1.46. The summed E-state index contributed by atoms with van der Waals surface area (Å²) in [6, 6.07) is 2.94. The lowest BCUT2D eigenvalue weighted by Gasteiger charge is -2.19. The molecule has 8 heteroatoms. The van der Waals surface area contributed by atoms with Crippen LogP contribution in [0.3, 0.4) is 0 Å².